The van der Waals surface area contributed by atoms with E-state index in [1.54, 1.807) is 0 Å². The Hall–Kier alpha value is -1.35. The van der Waals surface area contributed by atoms with Crippen LogP contribution in [0.1, 0.15) is 39.2 Å². The largest absolute Gasteiger partial charge is 0.356 e. The lowest BCUT2D eigenvalue weighted by molar-refractivity contribution is 0.591. The molecule has 2 aromatic rings. The molecule has 0 amide bonds. The summed E-state index contributed by atoms with van der Waals surface area (Å²) in [6.45, 7) is 8.74. The Morgan fingerprint density at radius 3 is 2.45 bits per heavy atom. The van der Waals surface area contributed by atoms with E-state index in [9.17, 15) is 0 Å². The number of fused-ring (bicyclic) bond motifs is 1. The van der Waals surface area contributed by atoms with Gasteiger partial charge in [0.05, 0.1) is 5.52 Å². The monoisotopic (exact) mass is 289 g/mol. The van der Waals surface area contributed by atoms with E-state index >= 15 is 0 Å². The van der Waals surface area contributed by atoms with Crippen molar-refractivity contribution < 1.29 is 0 Å². The van der Waals surface area contributed by atoms with E-state index in [-0.39, 0.29) is 5.41 Å². The zero-order valence-corrected chi connectivity index (χ0v) is 13.0. The second kappa shape index (κ2) is 4.88. The molecule has 0 aliphatic carbocycles. The second-order valence-electron chi connectivity index (χ2n) is 6.49. The van der Waals surface area contributed by atoms with Gasteiger partial charge in [0.25, 0.3) is 0 Å². The van der Waals surface area contributed by atoms with Crippen molar-refractivity contribution in [3.8, 4) is 0 Å². The molecule has 1 fully saturated rings. The van der Waals surface area contributed by atoms with Crippen LogP contribution in [0.3, 0.4) is 0 Å². The normalized spacial score (nSPS) is 16.1. The van der Waals surface area contributed by atoms with Gasteiger partial charge in [0.2, 0.25) is 5.28 Å². The van der Waals surface area contributed by atoms with Crippen molar-refractivity contribution in [2.45, 2.75) is 39.0 Å². The average Bonchev–Trinajstić information content (AvgIpc) is 2.89. The maximum atomic E-state index is 6.12. The minimum Gasteiger partial charge on any atom is -0.356 e. The molecule has 1 aliphatic rings. The molecule has 0 unspecified atom stereocenters. The zero-order chi connectivity index (χ0) is 14.3. The number of hydrogen-bond donors (Lipinski definition) is 0. The van der Waals surface area contributed by atoms with Gasteiger partial charge in [-0.1, -0.05) is 26.8 Å². The van der Waals surface area contributed by atoms with Gasteiger partial charge in [-0.15, -0.1) is 0 Å². The Kier molecular flexibility index (Phi) is 3.33. The van der Waals surface area contributed by atoms with E-state index in [1.165, 1.54) is 18.4 Å². The molecule has 1 aromatic carbocycles. The van der Waals surface area contributed by atoms with Gasteiger partial charge in [-0.3, -0.25) is 0 Å². The Morgan fingerprint density at radius 1 is 1.10 bits per heavy atom. The van der Waals surface area contributed by atoms with Crippen molar-refractivity contribution in [3.05, 3.63) is 29.0 Å². The van der Waals surface area contributed by atoms with Crippen molar-refractivity contribution in [1.82, 2.24) is 9.97 Å². The predicted octanol–water partition coefficient (Wildman–Crippen LogP) is 4.18. The Morgan fingerprint density at radius 2 is 1.80 bits per heavy atom. The van der Waals surface area contributed by atoms with E-state index in [0.717, 1.165) is 29.8 Å². The molecule has 106 valence electrons. The quantitative estimate of drug-likeness (QED) is 0.738. The molecule has 20 heavy (non-hydrogen) atoms. The molecule has 1 saturated heterocycles. The number of aromatic nitrogens is 2. The number of anilines is 1. The first-order valence-electron chi connectivity index (χ1n) is 7.18. The summed E-state index contributed by atoms with van der Waals surface area (Å²) in [7, 11) is 0. The van der Waals surface area contributed by atoms with Crippen LogP contribution in [0.2, 0.25) is 5.28 Å². The van der Waals surface area contributed by atoms with Crippen molar-refractivity contribution >= 4 is 28.3 Å². The van der Waals surface area contributed by atoms with Gasteiger partial charge in [0, 0.05) is 18.5 Å². The average molecular weight is 290 g/mol. The van der Waals surface area contributed by atoms with Crippen LogP contribution >= 0.6 is 11.6 Å². The number of halogens is 1. The summed E-state index contributed by atoms with van der Waals surface area (Å²) in [5, 5.41) is 1.44. The summed E-state index contributed by atoms with van der Waals surface area (Å²) in [6, 6.07) is 6.46. The number of hydrogen-bond acceptors (Lipinski definition) is 3. The van der Waals surface area contributed by atoms with Crippen molar-refractivity contribution in [1.29, 1.82) is 0 Å². The van der Waals surface area contributed by atoms with Crippen LogP contribution in [0.5, 0.6) is 0 Å². The molecule has 0 saturated carbocycles. The molecule has 1 aliphatic heterocycles. The molecule has 0 N–H and O–H groups in total. The summed E-state index contributed by atoms with van der Waals surface area (Å²) in [6.07, 6.45) is 2.45. The topological polar surface area (TPSA) is 29.0 Å². The summed E-state index contributed by atoms with van der Waals surface area (Å²) in [5.74, 6) is 0.984. The van der Waals surface area contributed by atoms with Gasteiger partial charge in [0.1, 0.15) is 5.82 Å². The Bertz CT molecular complexity index is 640. The molecule has 4 heteroatoms. The summed E-state index contributed by atoms with van der Waals surface area (Å²) in [4.78, 5) is 11.2. The first kappa shape index (κ1) is 13.6. The van der Waals surface area contributed by atoms with Gasteiger partial charge in [-0.25, -0.2) is 4.98 Å². The molecule has 0 atom stereocenters. The van der Waals surface area contributed by atoms with Crippen LogP contribution < -0.4 is 4.90 Å². The highest BCUT2D eigenvalue weighted by Crippen LogP contribution is 2.31. The van der Waals surface area contributed by atoms with Gasteiger partial charge in [0.15, 0.2) is 0 Å². The fourth-order valence-corrected chi connectivity index (χ4v) is 2.89. The number of benzene rings is 1. The molecule has 3 nitrogen and oxygen atoms in total. The minimum atomic E-state index is 0.111. The maximum Gasteiger partial charge on any atom is 0.224 e. The Balaban J connectivity index is 2.17. The van der Waals surface area contributed by atoms with E-state index in [4.69, 9.17) is 11.6 Å². The van der Waals surface area contributed by atoms with Crippen LogP contribution in [-0.4, -0.2) is 23.1 Å². The Labute approximate surface area is 125 Å². The van der Waals surface area contributed by atoms with Crippen LogP contribution in [0.15, 0.2) is 18.2 Å². The van der Waals surface area contributed by atoms with Gasteiger partial charge >= 0.3 is 0 Å². The molecule has 0 bridgehead atoms. The molecule has 3 rings (SSSR count). The number of rotatable bonds is 1. The molecular weight excluding hydrogens is 270 g/mol. The first-order valence-corrected chi connectivity index (χ1v) is 7.56. The van der Waals surface area contributed by atoms with E-state index in [2.05, 4.69) is 53.8 Å². The summed E-state index contributed by atoms with van der Waals surface area (Å²) in [5.41, 5.74) is 2.32. The second-order valence-corrected chi connectivity index (χ2v) is 6.83. The molecule has 2 heterocycles. The highest BCUT2D eigenvalue weighted by molar-refractivity contribution is 6.28. The molecular formula is C16H20ClN3. The van der Waals surface area contributed by atoms with Crippen LogP contribution in [0.25, 0.3) is 10.9 Å². The first-order chi connectivity index (χ1) is 9.45. The lowest BCUT2D eigenvalue weighted by Gasteiger charge is -2.21. The third kappa shape index (κ3) is 2.47. The van der Waals surface area contributed by atoms with Crippen LogP contribution in [-0.2, 0) is 5.41 Å². The molecule has 0 spiro atoms. The van der Waals surface area contributed by atoms with Crippen LogP contribution in [0.4, 0.5) is 5.82 Å². The van der Waals surface area contributed by atoms with E-state index < -0.39 is 0 Å². The third-order valence-corrected chi connectivity index (χ3v) is 4.09. The van der Waals surface area contributed by atoms with Crippen molar-refractivity contribution in [2.24, 2.45) is 0 Å². The van der Waals surface area contributed by atoms with Crippen molar-refractivity contribution in [2.75, 3.05) is 18.0 Å². The van der Waals surface area contributed by atoms with Crippen LogP contribution in [0, 0.1) is 0 Å². The predicted molar refractivity (Wildman–Crippen MR) is 84.7 cm³/mol. The summed E-state index contributed by atoms with van der Waals surface area (Å²) >= 11 is 6.12. The maximum absolute atomic E-state index is 6.12. The van der Waals surface area contributed by atoms with Crippen molar-refractivity contribution in [3.63, 3.8) is 0 Å². The number of nitrogens with zero attached hydrogens (tertiary/aromatic N) is 3. The molecule has 1 aromatic heterocycles. The molecule has 0 radical (unpaired) electrons. The fourth-order valence-electron chi connectivity index (χ4n) is 2.72. The highest BCUT2D eigenvalue weighted by atomic mass is 35.5. The van der Waals surface area contributed by atoms with E-state index in [1.807, 2.05) is 0 Å². The van der Waals surface area contributed by atoms with Gasteiger partial charge < -0.3 is 4.90 Å². The highest BCUT2D eigenvalue weighted by Gasteiger charge is 2.20. The standard InChI is InChI=1S/C16H20ClN3/c1-16(2,3)11-6-7-12-13(10-11)18-15(17)19-14(12)20-8-4-5-9-20/h6-7,10H,4-5,8-9H2,1-3H3. The minimum absolute atomic E-state index is 0.111. The lowest BCUT2D eigenvalue weighted by atomic mass is 9.86. The third-order valence-electron chi connectivity index (χ3n) is 3.92. The smallest absolute Gasteiger partial charge is 0.224 e. The lowest BCUT2D eigenvalue weighted by Crippen LogP contribution is -2.20. The summed E-state index contributed by atoms with van der Waals surface area (Å²) < 4.78 is 0. The fraction of sp³-hybridized carbons (Fsp3) is 0.500. The van der Waals surface area contributed by atoms with Gasteiger partial charge in [-0.05, 0) is 47.6 Å². The van der Waals surface area contributed by atoms with Gasteiger partial charge in [-0.2, -0.15) is 4.98 Å². The zero-order valence-electron chi connectivity index (χ0n) is 12.3. The SMILES string of the molecule is CC(C)(C)c1ccc2c(N3CCCC3)nc(Cl)nc2c1. The van der Waals surface area contributed by atoms with E-state index in [0.29, 0.717) is 5.28 Å².